The number of fused-ring (bicyclic) bond motifs is 1. The van der Waals surface area contributed by atoms with Crippen molar-refractivity contribution in [3.63, 3.8) is 0 Å². The van der Waals surface area contributed by atoms with Crippen molar-refractivity contribution in [1.82, 2.24) is 4.98 Å². The second-order valence-electron chi connectivity index (χ2n) is 7.88. The largest absolute Gasteiger partial charge is 0.489 e. The van der Waals surface area contributed by atoms with Gasteiger partial charge in [-0.05, 0) is 29.8 Å². The van der Waals surface area contributed by atoms with Crippen LogP contribution < -0.4 is 10.1 Å². The number of amides is 1. The molecule has 4 rings (SSSR count). The first-order chi connectivity index (χ1) is 15.8. The molecule has 0 aliphatic carbocycles. The molecule has 8 heteroatoms. The average Bonchev–Trinajstić information content (AvgIpc) is 2.80. The second kappa shape index (κ2) is 9.54. The van der Waals surface area contributed by atoms with E-state index in [1.165, 1.54) is 18.3 Å². The number of Topliss-reactive ketones (excluding diaryl/α,β-unsaturated/α-hetero) is 1. The molecule has 0 radical (unpaired) electrons. The number of aromatic nitrogens is 1. The topological polar surface area (TPSA) is 102 Å². The Hall–Kier alpha value is -3.52. The molecule has 1 atom stereocenters. The van der Waals surface area contributed by atoms with E-state index in [2.05, 4.69) is 10.3 Å². The maximum absolute atomic E-state index is 12.6. The maximum Gasteiger partial charge on any atom is 0.230 e. The van der Waals surface area contributed by atoms with Crippen molar-refractivity contribution < 1.29 is 22.7 Å². The van der Waals surface area contributed by atoms with Gasteiger partial charge in [0.2, 0.25) is 5.91 Å². The van der Waals surface area contributed by atoms with Gasteiger partial charge in [0, 0.05) is 36.5 Å². The molecule has 1 aromatic heterocycles. The number of carbonyl (C=O) groups is 2. The van der Waals surface area contributed by atoms with E-state index in [4.69, 9.17) is 4.74 Å². The molecule has 2 heterocycles. The predicted octanol–water partition coefficient (Wildman–Crippen LogP) is 3.63. The molecule has 1 aliphatic rings. The molecule has 0 fully saturated rings. The lowest BCUT2D eigenvalue weighted by molar-refractivity contribution is -0.115. The first kappa shape index (κ1) is 22.7. The van der Waals surface area contributed by atoms with E-state index in [9.17, 15) is 18.0 Å². The van der Waals surface area contributed by atoms with Crippen LogP contribution in [-0.2, 0) is 27.5 Å². The Balaban J connectivity index is 1.42. The zero-order valence-corrected chi connectivity index (χ0v) is 19.0. The molecule has 0 spiro atoms. The molecule has 7 nitrogen and oxygen atoms in total. The Morgan fingerprint density at radius 1 is 1.12 bits per heavy atom. The number of hydrogen-bond donors (Lipinski definition) is 1. The quantitative estimate of drug-likeness (QED) is 0.573. The molecule has 2 aromatic carbocycles. The number of pyridine rings is 1. The fourth-order valence-electron chi connectivity index (χ4n) is 3.69. The van der Waals surface area contributed by atoms with Crippen molar-refractivity contribution >= 4 is 27.2 Å². The molecule has 1 unspecified atom stereocenters. The van der Waals surface area contributed by atoms with Gasteiger partial charge >= 0.3 is 0 Å². The fraction of sp³-hybridized carbons (Fsp3) is 0.240. The van der Waals surface area contributed by atoms with Crippen LogP contribution in [0.2, 0.25) is 0 Å². The minimum absolute atomic E-state index is 0.0103. The van der Waals surface area contributed by atoms with Crippen molar-refractivity contribution in [2.75, 3.05) is 11.1 Å². The number of sulfone groups is 1. The normalized spacial score (nSPS) is 15.4. The van der Waals surface area contributed by atoms with E-state index in [1.54, 1.807) is 25.1 Å². The summed E-state index contributed by atoms with van der Waals surface area (Å²) in [6, 6.07) is 17.8. The van der Waals surface area contributed by atoms with Crippen molar-refractivity contribution in [3.8, 4) is 5.75 Å². The molecular formula is C25H24N2O5S. The summed E-state index contributed by atoms with van der Waals surface area (Å²) in [5, 5.41) is 2.79. The summed E-state index contributed by atoms with van der Waals surface area (Å²) in [4.78, 5) is 29.3. The molecular weight excluding hydrogens is 440 g/mol. The summed E-state index contributed by atoms with van der Waals surface area (Å²) >= 11 is 0. The third kappa shape index (κ3) is 5.46. The zero-order chi connectivity index (χ0) is 23.4. The highest BCUT2D eigenvalue weighted by molar-refractivity contribution is 7.91. The highest BCUT2D eigenvalue weighted by atomic mass is 32.2. The highest BCUT2D eigenvalue weighted by Crippen LogP contribution is 2.31. The first-order valence-corrected chi connectivity index (χ1v) is 12.3. The molecule has 170 valence electrons. The van der Waals surface area contributed by atoms with Gasteiger partial charge in [-0.3, -0.25) is 14.6 Å². The molecule has 3 aromatic rings. The SMILES string of the molecule is CCS(=O)(=O)c1ccc(CC(=O)Nc2ccc3c(c2)OC(Cc2ccccc2)CC3=O)nc1. The van der Waals surface area contributed by atoms with Gasteiger partial charge in [-0.25, -0.2) is 8.42 Å². The predicted molar refractivity (Wildman–Crippen MR) is 124 cm³/mol. The van der Waals surface area contributed by atoms with Crippen LogP contribution in [0.5, 0.6) is 5.75 Å². The Kier molecular flexibility index (Phi) is 6.55. The van der Waals surface area contributed by atoms with Crippen LogP contribution >= 0.6 is 0 Å². The van der Waals surface area contributed by atoms with Crippen molar-refractivity contribution in [3.05, 3.63) is 83.7 Å². The summed E-state index contributed by atoms with van der Waals surface area (Å²) in [7, 11) is -3.33. The zero-order valence-electron chi connectivity index (χ0n) is 18.2. The molecule has 1 N–H and O–H groups in total. The Morgan fingerprint density at radius 2 is 1.91 bits per heavy atom. The van der Waals surface area contributed by atoms with Gasteiger partial charge in [-0.1, -0.05) is 37.3 Å². The number of benzene rings is 2. The highest BCUT2D eigenvalue weighted by Gasteiger charge is 2.27. The monoisotopic (exact) mass is 464 g/mol. The van der Waals surface area contributed by atoms with Crippen LogP contribution in [0.3, 0.4) is 0 Å². The number of ether oxygens (including phenoxy) is 1. The van der Waals surface area contributed by atoms with E-state index < -0.39 is 9.84 Å². The van der Waals surface area contributed by atoms with Crippen molar-refractivity contribution in [2.24, 2.45) is 0 Å². The van der Waals surface area contributed by atoms with Crippen LogP contribution in [0, 0.1) is 0 Å². The van der Waals surface area contributed by atoms with Gasteiger partial charge in [0.25, 0.3) is 0 Å². The van der Waals surface area contributed by atoms with Crippen LogP contribution in [0.25, 0.3) is 0 Å². The number of nitrogens with one attached hydrogen (secondary N) is 1. The van der Waals surface area contributed by atoms with Gasteiger partial charge in [0.05, 0.1) is 22.6 Å². The number of rotatable bonds is 7. The van der Waals surface area contributed by atoms with E-state index in [0.29, 0.717) is 35.5 Å². The van der Waals surface area contributed by atoms with Crippen LogP contribution in [0.1, 0.15) is 35.0 Å². The van der Waals surface area contributed by atoms with Crippen LogP contribution in [0.4, 0.5) is 5.69 Å². The standard InChI is InChI=1S/C25H24N2O5S/c1-2-33(30,31)21-10-8-18(26-16-21)14-25(29)27-19-9-11-22-23(28)15-20(32-24(22)13-19)12-17-6-4-3-5-7-17/h3-11,13,16,20H,2,12,14-15H2,1H3,(H,27,29). The third-order valence-electron chi connectivity index (χ3n) is 5.46. The molecule has 0 saturated carbocycles. The van der Waals surface area contributed by atoms with E-state index in [0.717, 1.165) is 5.56 Å². The lowest BCUT2D eigenvalue weighted by Gasteiger charge is -2.26. The Morgan fingerprint density at radius 3 is 2.61 bits per heavy atom. The van der Waals surface area contributed by atoms with Gasteiger partial charge in [0.15, 0.2) is 15.6 Å². The number of ketones is 1. The molecule has 0 bridgehead atoms. The van der Waals surface area contributed by atoms with Gasteiger partial charge in [0.1, 0.15) is 11.9 Å². The lowest BCUT2D eigenvalue weighted by Crippen LogP contribution is -2.29. The summed E-state index contributed by atoms with van der Waals surface area (Å²) in [5.74, 6) is 0.152. The minimum Gasteiger partial charge on any atom is -0.489 e. The maximum atomic E-state index is 12.6. The van der Waals surface area contributed by atoms with Crippen LogP contribution in [-0.4, -0.2) is 36.9 Å². The second-order valence-corrected chi connectivity index (χ2v) is 10.2. The smallest absolute Gasteiger partial charge is 0.230 e. The van der Waals surface area contributed by atoms with E-state index >= 15 is 0 Å². The van der Waals surface area contributed by atoms with E-state index in [-0.39, 0.29) is 34.9 Å². The van der Waals surface area contributed by atoms with Crippen LogP contribution in [0.15, 0.2) is 71.8 Å². The number of nitrogens with zero attached hydrogens (tertiary/aromatic N) is 1. The Bertz CT molecular complexity index is 1270. The van der Waals surface area contributed by atoms with Gasteiger partial charge in [-0.2, -0.15) is 0 Å². The summed E-state index contributed by atoms with van der Waals surface area (Å²) in [5.41, 5.74) is 2.56. The van der Waals surface area contributed by atoms with E-state index in [1.807, 2.05) is 30.3 Å². The Labute approximate surface area is 192 Å². The molecule has 1 amide bonds. The number of anilines is 1. The number of carbonyl (C=O) groups excluding carboxylic acids is 2. The first-order valence-electron chi connectivity index (χ1n) is 10.7. The van der Waals surface area contributed by atoms with Gasteiger partial charge < -0.3 is 10.1 Å². The van der Waals surface area contributed by atoms with Crippen molar-refractivity contribution in [1.29, 1.82) is 0 Å². The summed E-state index contributed by atoms with van der Waals surface area (Å²) in [6.07, 6.45) is 1.92. The van der Waals surface area contributed by atoms with Gasteiger partial charge in [-0.15, -0.1) is 0 Å². The summed E-state index contributed by atoms with van der Waals surface area (Å²) < 4.78 is 29.8. The fourth-order valence-corrected chi connectivity index (χ4v) is 4.51. The molecule has 1 aliphatic heterocycles. The lowest BCUT2D eigenvalue weighted by atomic mass is 9.96. The average molecular weight is 465 g/mol. The third-order valence-corrected chi connectivity index (χ3v) is 7.18. The summed E-state index contributed by atoms with van der Waals surface area (Å²) in [6.45, 7) is 1.57. The number of hydrogen-bond acceptors (Lipinski definition) is 6. The molecule has 0 saturated heterocycles. The minimum atomic E-state index is -3.33. The molecule has 33 heavy (non-hydrogen) atoms. The van der Waals surface area contributed by atoms with Crippen molar-refractivity contribution in [2.45, 2.75) is 37.2 Å².